The van der Waals surface area contributed by atoms with Crippen LogP contribution in [0, 0.1) is 5.92 Å². The highest BCUT2D eigenvalue weighted by molar-refractivity contribution is 6.35. The molecular formula is C14H19Cl3N2O2. The summed E-state index contributed by atoms with van der Waals surface area (Å²) in [5, 5.41) is 3.94. The van der Waals surface area contributed by atoms with Gasteiger partial charge in [0.15, 0.2) is 0 Å². The van der Waals surface area contributed by atoms with E-state index in [1.807, 2.05) is 0 Å². The molecular weight excluding hydrogens is 335 g/mol. The van der Waals surface area contributed by atoms with Gasteiger partial charge in [0.2, 0.25) is 5.91 Å². The van der Waals surface area contributed by atoms with E-state index in [1.165, 1.54) is 0 Å². The molecule has 0 saturated carbocycles. The highest BCUT2D eigenvalue weighted by Gasteiger charge is 2.26. The van der Waals surface area contributed by atoms with E-state index >= 15 is 0 Å². The lowest BCUT2D eigenvalue weighted by atomic mass is 9.92. The van der Waals surface area contributed by atoms with Crippen molar-refractivity contribution >= 4 is 41.5 Å². The number of hydrogen-bond acceptors (Lipinski definition) is 3. The summed E-state index contributed by atoms with van der Waals surface area (Å²) in [6, 6.07) is 4.70. The van der Waals surface area contributed by atoms with Crippen LogP contribution in [0.2, 0.25) is 10.0 Å². The first-order chi connectivity index (χ1) is 9.58. The first kappa shape index (κ1) is 18.5. The summed E-state index contributed by atoms with van der Waals surface area (Å²) in [6.07, 6.45) is 1.66. The van der Waals surface area contributed by atoms with Gasteiger partial charge in [-0.1, -0.05) is 29.3 Å². The molecule has 0 aromatic heterocycles. The second kappa shape index (κ2) is 8.81. The van der Waals surface area contributed by atoms with Gasteiger partial charge in [0, 0.05) is 29.8 Å². The summed E-state index contributed by atoms with van der Waals surface area (Å²) in [7, 11) is 0. The Morgan fingerprint density at radius 2 is 2.05 bits per heavy atom. The van der Waals surface area contributed by atoms with Crippen LogP contribution in [0.5, 0.6) is 0 Å². The summed E-state index contributed by atoms with van der Waals surface area (Å²) >= 11 is 11.9. The van der Waals surface area contributed by atoms with Crippen molar-refractivity contribution in [2.75, 3.05) is 13.2 Å². The van der Waals surface area contributed by atoms with Crippen molar-refractivity contribution in [2.45, 2.75) is 25.4 Å². The lowest BCUT2D eigenvalue weighted by Gasteiger charge is -2.26. The van der Waals surface area contributed by atoms with Gasteiger partial charge >= 0.3 is 0 Å². The number of nitrogens with one attached hydrogen (secondary N) is 1. The fourth-order valence-corrected chi connectivity index (χ4v) is 2.73. The molecule has 0 radical (unpaired) electrons. The number of carbonyl (C=O) groups excluding carboxylic acids is 1. The van der Waals surface area contributed by atoms with Gasteiger partial charge in [0.25, 0.3) is 0 Å². The molecule has 1 aliphatic heterocycles. The van der Waals surface area contributed by atoms with Crippen molar-refractivity contribution in [1.82, 2.24) is 5.32 Å². The number of ether oxygens (including phenoxy) is 1. The zero-order valence-corrected chi connectivity index (χ0v) is 13.8. The maximum absolute atomic E-state index is 12.0. The Bertz CT molecular complexity index is 479. The molecule has 1 amide bonds. The molecule has 0 bridgehead atoms. The molecule has 118 valence electrons. The Hall–Kier alpha value is -0.520. The van der Waals surface area contributed by atoms with Crippen LogP contribution in [0.4, 0.5) is 0 Å². The van der Waals surface area contributed by atoms with E-state index in [-0.39, 0.29) is 24.2 Å². The van der Waals surface area contributed by atoms with Gasteiger partial charge < -0.3 is 15.8 Å². The third kappa shape index (κ3) is 5.31. The van der Waals surface area contributed by atoms with Gasteiger partial charge in [-0.3, -0.25) is 4.79 Å². The molecule has 1 aliphatic rings. The monoisotopic (exact) mass is 352 g/mol. The summed E-state index contributed by atoms with van der Waals surface area (Å²) in [4.78, 5) is 12.0. The normalized spacial score (nSPS) is 16.9. The van der Waals surface area contributed by atoms with Crippen LogP contribution in [0.15, 0.2) is 18.2 Å². The summed E-state index contributed by atoms with van der Waals surface area (Å²) in [5.74, 6) is 0.0346. The minimum atomic E-state index is -0.495. The average Bonchev–Trinajstić information content (AvgIpc) is 2.46. The van der Waals surface area contributed by atoms with Crippen LogP contribution in [-0.4, -0.2) is 25.2 Å². The van der Waals surface area contributed by atoms with Gasteiger partial charge in [0.1, 0.15) is 0 Å². The second-order valence-electron chi connectivity index (χ2n) is 4.93. The van der Waals surface area contributed by atoms with E-state index in [0.717, 1.165) is 18.4 Å². The Morgan fingerprint density at radius 1 is 1.38 bits per heavy atom. The molecule has 1 unspecified atom stereocenters. The minimum absolute atomic E-state index is 0. The van der Waals surface area contributed by atoms with E-state index in [9.17, 15) is 4.79 Å². The molecule has 0 spiro atoms. The third-order valence-corrected chi connectivity index (χ3v) is 4.13. The number of rotatable bonds is 4. The maximum atomic E-state index is 12.0. The molecule has 1 fully saturated rings. The minimum Gasteiger partial charge on any atom is -0.381 e. The molecule has 21 heavy (non-hydrogen) atoms. The zero-order chi connectivity index (χ0) is 14.5. The Labute approximate surface area is 140 Å². The fraction of sp³-hybridized carbons (Fsp3) is 0.500. The average molecular weight is 354 g/mol. The molecule has 7 heteroatoms. The molecule has 1 aromatic carbocycles. The molecule has 1 aromatic rings. The molecule has 1 atom stereocenters. The number of carbonyl (C=O) groups is 1. The van der Waals surface area contributed by atoms with Gasteiger partial charge in [0.05, 0.1) is 6.04 Å². The fourth-order valence-electron chi connectivity index (χ4n) is 2.25. The number of hydrogen-bond donors (Lipinski definition) is 2. The lowest BCUT2D eigenvalue weighted by Crippen LogP contribution is -2.46. The van der Waals surface area contributed by atoms with E-state index in [1.54, 1.807) is 18.2 Å². The third-order valence-electron chi connectivity index (χ3n) is 3.54. The highest BCUT2D eigenvalue weighted by Crippen LogP contribution is 2.21. The lowest BCUT2D eigenvalue weighted by molar-refractivity contribution is -0.124. The van der Waals surface area contributed by atoms with Crippen LogP contribution in [0.25, 0.3) is 0 Å². The second-order valence-corrected chi connectivity index (χ2v) is 5.77. The van der Waals surface area contributed by atoms with E-state index in [0.29, 0.717) is 29.8 Å². The predicted molar refractivity (Wildman–Crippen MR) is 87.1 cm³/mol. The predicted octanol–water partition coefficient (Wildman–Crippen LogP) is 2.79. The van der Waals surface area contributed by atoms with Crippen LogP contribution < -0.4 is 11.1 Å². The first-order valence-corrected chi connectivity index (χ1v) is 7.38. The van der Waals surface area contributed by atoms with Crippen LogP contribution in [-0.2, 0) is 16.1 Å². The molecule has 2 rings (SSSR count). The Morgan fingerprint density at radius 3 is 2.67 bits per heavy atom. The molecule has 1 saturated heterocycles. The van der Waals surface area contributed by atoms with Crippen LogP contribution in [0.1, 0.15) is 18.4 Å². The largest absolute Gasteiger partial charge is 0.381 e. The summed E-state index contributed by atoms with van der Waals surface area (Å²) < 4.78 is 5.27. The van der Waals surface area contributed by atoms with Crippen molar-refractivity contribution < 1.29 is 9.53 Å². The van der Waals surface area contributed by atoms with Gasteiger partial charge in [-0.05, 0) is 36.5 Å². The number of amides is 1. The Kier molecular flexibility index (Phi) is 7.77. The number of halogens is 3. The van der Waals surface area contributed by atoms with Crippen molar-refractivity contribution in [3.05, 3.63) is 33.8 Å². The smallest absolute Gasteiger partial charge is 0.237 e. The summed E-state index contributed by atoms with van der Waals surface area (Å²) in [5.41, 5.74) is 6.82. The van der Waals surface area contributed by atoms with Gasteiger partial charge in [-0.2, -0.15) is 0 Å². The van der Waals surface area contributed by atoms with Crippen molar-refractivity contribution in [3.63, 3.8) is 0 Å². The summed E-state index contributed by atoms with van der Waals surface area (Å²) in [6.45, 7) is 1.70. The van der Waals surface area contributed by atoms with E-state index in [2.05, 4.69) is 5.32 Å². The topological polar surface area (TPSA) is 64.4 Å². The molecule has 1 heterocycles. The molecule has 3 N–H and O–H groups in total. The quantitative estimate of drug-likeness (QED) is 0.875. The van der Waals surface area contributed by atoms with Crippen molar-refractivity contribution in [2.24, 2.45) is 11.7 Å². The van der Waals surface area contributed by atoms with E-state index in [4.69, 9.17) is 33.7 Å². The highest BCUT2D eigenvalue weighted by atomic mass is 35.5. The first-order valence-electron chi connectivity index (χ1n) is 6.63. The van der Waals surface area contributed by atoms with Gasteiger partial charge in [-0.15, -0.1) is 12.4 Å². The van der Waals surface area contributed by atoms with Gasteiger partial charge in [-0.25, -0.2) is 0 Å². The SMILES string of the molecule is Cl.NC(C(=O)NCc1ccc(Cl)cc1Cl)C1CCOCC1. The molecule has 0 aliphatic carbocycles. The van der Waals surface area contributed by atoms with Crippen molar-refractivity contribution in [3.8, 4) is 0 Å². The number of benzene rings is 1. The Balaban J connectivity index is 0.00000220. The van der Waals surface area contributed by atoms with E-state index < -0.39 is 6.04 Å². The van der Waals surface area contributed by atoms with Crippen LogP contribution >= 0.6 is 35.6 Å². The van der Waals surface area contributed by atoms with Crippen LogP contribution in [0.3, 0.4) is 0 Å². The zero-order valence-electron chi connectivity index (χ0n) is 11.5. The standard InChI is InChI=1S/C14H18Cl2N2O2.ClH/c15-11-2-1-10(12(16)7-11)8-18-14(19)13(17)9-3-5-20-6-4-9;/h1-2,7,9,13H,3-6,8,17H2,(H,18,19);1H. The maximum Gasteiger partial charge on any atom is 0.237 e. The van der Waals surface area contributed by atoms with Crippen molar-refractivity contribution in [1.29, 1.82) is 0 Å². The molecule has 4 nitrogen and oxygen atoms in total. The number of nitrogens with two attached hydrogens (primary N) is 1.